The fourth-order valence-electron chi connectivity index (χ4n) is 3.14. The Hall–Kier alpha value is -1.91. The lowest BCUT2D eigenvalue weighted by atomic mass is 10.0. The van der Waals surface area contributed by atoms with Gasteiger partial charge in [-0.05, 0) is 64.9 Å². The summed E-state index contributed by atoms with van der Waals surface area (Å²) in [5.74, 6) is 0.375. The Labute approximate surface area is 183 Å². The average molecular weight is 423 g/mol. The van der Waals surface area contributed by atoms with E-state index in [1.165, 1.54) is 6.92 Å². The Morgan fingerprint density at radius 2 is 1.90 bits per heavy atom. The lowest BCUT2D eigenvalue weighted by molar-refractivity contribution is -0.147. The van der Waals surface area contributed by atoms with Gasteiger partial charge in [-0.25, -0.2) is 0 Å². The van der Waals surface area contributed by atoms with Crippen molar-refractivity contribution in [3.8, 4) is 0 Å². The molecule has 2 unspecified atom stereocenters. The molecule has 0 amide bonds. The van der Waals surface area contributed by atoms with Crippen molar-refractivity contribution in [2.45, 2.75) is 111 Å². The lowest BCUT2D eigenvalue weighted by Crippen LogP contribution is -2.14. The third-order valence-corrected chi connectivity index (χ3v) is 4.65. The van der Waals surface area contributed by atoms with Crippen LogP contribution in [0.4, 0.5) is 0 Å². The van der Waals surface area contributed by atoms with Crippen LogP contribution in [0.5, 0.6) is 0 Å². The molecule has 1 saturated carbocycles. The molecule has 1 aliphatic carbocycles. The van der Waals surface area contributed by atoms with Crippen molar-refractivity contribution in [1.29, 1.82) is 0 Å². The molecule has 0 radical (unpaired) electrons. The van der Waals surface area contributed by atoms with E-state index in [1.54, 1.807) is 0 Å². The van der Waals surface area contributed by atoms with Crippen LogP contribution < -0.4 is 0 Å². The number of carbonyl (C=O) groups is 3. The summed E-state index contributed by atoms with van der Waals surface area (Å²) in [5.41, 5.74) is 0. The van der Waals surface area contributed by atoms with Crippen molar-refractivity contribution in [2.24, 2.45) is 5.92 Å². The summed E-state index contributed by atoms with van der Waals surface area (Å²) >= 11 is 0. The molecule has 5 heteroatoms. The first-order chi connectivity index (χ1) is 14.3. The molecule has 1 fully saturated rings. The molecule has 0 N–H and O–H groups in total. The second-order valence-corrected chi connectivity index (χ2v) is 8.07. The van der Waals surface area contributed by atoms with Crippen LogP contribution in [0.3, 0.4) is 0 Å². The molecule has 172 valence electrons. The van der Waals surface area contributed by atoms with Crippen LogP contribution in [0.1, 0.15) is 98.8 Å². The van der Waals surface area contributed by atoms with Crippen molar-refractivity contribution in [3.05, 3.63) is 24.3 Å². The van der Waals surface area contributed by atoms with Gasteiger partial charge in [0.05, 0.1) is 6.10 Å². The minimum atomic E-state index is -0.233. The summed E-state index contributed by atoms with van der Waals surface area (Å²) in [6.45, 7) is 9.31. The van der Waals surface area contributed by atoms with Crippen LogP contribution in [-0.2, 0) is 23.9 Å². The molecule has 1 aliphatic rings. The van der Waals surface area contributed by atoms with Gasteiger partial charge in [0, 0.05) is 26.2 Å². The maximum Gasteiger partial charge on any atom is 0.306 e. The zero-order chi connectivity index (χ0) is 22.8. The number of ketones is 1. The van der Waals surface area contributed by atoms with Crippen LogP contribution in [0.25, 0.3) is 0 Å². The van der Waals surface area contributed by atoms with E-state index in [-0.39, 0.29) is 24.1 Å². The summed E-state index contributed by atoms with van der Waals surface area (Å²) in [6.07, 6.45) is 16.9. The van der Waals surface area contributed by atoms with E-state index in [2.05, 4.69) is 19.1 Å². The van der Waals surface area contributed by atoms with Crippen LogP contribution in [0.2, 0.25) is 0 Å². The van der Waals surface area contributed by atoms with Gasteiger partial charge in [0.15, 0.2) is 0 Å². The van der Waals surface area contributed by atoms with E-state index in [0.29, 0.717) is 31.0 Å². The zero-order valence-electron chi connectivity index (χ0n) is 19.7. The number of rotatable bonds is 12. The Bertz CT molecular complexity index is 548. The van der Waals surface area contributed by atoms with Crippen molar-refractivity contribution in [1.82, 2.24) is 0 Å². The maximum atomic E-state index is 11.2. The number of allylic oxidation sites excluding steroid dienone is 3. The van der Waals surface area contributed by atoms with Gasteiger partial charge in [-0.15, -0.1) is 0 Å². The molecule has 30 heavy (non-hydrogen) atoms. The third-order valence-electron chi connectivity index (χ3n) is 4.65. The van der Waals surface area contributed by atoms with E-state index in [1.807, 2.05) is 32.9 Å². The van der Waals surface area contributed by atoms with Crippen LogP contribution in [-0.4, -0.2) is 29.9 Å². The third kappa shape index (κ3) is 17.0. The van der Waals surface area contributed by atoms with Gasteiger partial charge in [-0.1, -0.05) is 38.0 Å². The second kappa shape index (κ2) is 17.9. The van der Waals surface area contributed by atoms with Crippen LogP contribution >= 0.6 is 0 Å². The molecule has 0 heterocycles. The van der Waals surface area contributed by atoms with E-state index in [4.69, 9.17) is 9.47 Å². The van der Waals surface area contributed by atoms with E-state index >= 15 is 0 Å². The highest BCUT2D eigenvalue weighted by Crippen LogP contribution is 2.23. The van der Waals surface area contributed by atoms with Crippen molar-refractivity contribution < 1.29 is 23.9 Å². The maximum absolute atomic E-state index is 11.2. The number of hydrogen-bond acceptors (Lipinski definition) is 5. The quantitative estimate of drug-likeness (QED) is 0.216. The molecular formula is C25H42O5. The monoisotopic (exact) mass is 422 g/mol. The van der Waals surface area contributed by atoms with Gasteiger partial charge in [0.1, 0.15) is 11.9 Å². The van der Waals surface area contributed by atoms with Gasteiger partial charge in [0.2, 0.25) is 0 Å². The largest absolute Gasteiger partial charge is 0.463 e. The van der Waals surface area contributed by atoms with Gasteiger partial charge >= 0.3 is 11.9 Å². The fraction of sp³-hybridized carbons (Fsp3) is 0.720. The predicted octanol–water partition coefficient (Wildman–Crippen LogP) is 6.11. The molecule has 0 aromatic carbocycles. The minimum absolute atomic E-state index is 0.0132. The number of unbranched alkanes of at least 4 members (excludes halogenated alkanes) is 3. The molecule has 1 rings (SSSR count). The number of hydrogen-bond donors (Lipinski definition) is 0. The molecule has 0 aromatic rings. The van der Waals surface area contributed by atoms with Crippen molar-refractivity contribution in [3.63, 3.8) is 0 Å². The van der Waals surface area contributed by atoms with Crippen molar-refractivity contribution >= 4 is 17.7 Å². The summed E-state index contributed by atoms with van der Waals surface area (Å²) in [4.78, 5) is 33.2. The fourth-order valence-corrected chi connectivity index (χ4v) is 3.14. The summed E-state index contributed by atoms with van der Waals surface area (Å²) < 4.78 is 10.2. The first-order valence-corrected chi connectivity index (χ1v) is 11.5. The average Bonchev–Trinajstić information content (AvgIpc) is 3.08. The first kappa shape index (κ1) is 28.1. The Morgan fingerprint density at radius 3 is 2.43 bits per heavy atom. The van der Waals surface area contributed by atoms with Gasteiger partial charge in [0.25, 0.3) is 0 Å². The van der Waals surface area contributed by atoms with Gasteiger partial charge in [-0.2, -0.15) is 0 Å². The smallest absolute Gasteiger partial charge is 0.306 e. The van der Waals surface area contributed by atoms with Crippen molar-refractivity contribution in [2.75, 3.05) is 0 Å². The number of Topliss-reactive ketones (excluding diaryl/α,β-unsaturated/α-hetero) is 1. The summed E-state index contributed by atoms with van der Waals surface area (Å²) in [6, 6.07) is 0. The van der Waals surface area contributed by atoms with Gasteiger partial charge < -0.3 is 9.47 Å². The highest BCUT2D eigenvalue weighted by molar-refractivity contribution is 5.80. The van der Waals surface area contributed by atoms with E-state index in [0.717, 1.165) is 44.9 Å². The van der Waals surface area contributed by atoms with Crippen LogP contribution in [0.15, 0.2) is 24.3 Å². The topological polar surface area (TPSA) is 69.7 Å². The normalized spacial score (nSPS) is 17.3. The second-order valence-electron chi connectivity index (χ2n) is 8.07. The zero-order valence-corrected chi connectivity index (χ0v) is 19.7. The Balaban J connectivity index is 0.000000612. The molecule has 5 nitrogen and oxygen atoms in total. The predicted molar refractivity (Wildman–Crippen MR) is 121 cm³/mol. The lowest BCUT2D eigenvalue weighted by Gasteiger charge is -2.13. The molecule has 0 saturated heterocycles. The van der Waals surface area contributed by atoms with Gasteiger partial charge in [-0.3, -0.25) is 14.4 Å². The summed E-state index contributed by atoms with van der Waals surface area (Å²) in [5, 5.41) is 0. The molecule has 0 aliphatic heterocycles. The molecular weight excluding hydrogens is 380 g/mol. The first-order valence-electron chi connectivity index (χ1n) is 11.5. The number of carbonyl (C=O) groups excluding carboxylic acids is 3. The van der Waals surface area contributed by atoms with E-state index in [9.17, 15) is 14.4 Å². The molecule has 0 spiro atoms. The summed E-state index contributed by atoms with van der Waals surface area (Å²) in [7, 11) is 0. The van der Waals surface area contributed by atoms with E-state index < -0.39 is 0 Å². The SMILES string of the molecule is C/C=C\CCCC(=O)OC(C)C.CCCCCC(/C=C/C1CCC(=O)C1)OC(C)=O. The standard InChI is InChI=1S/C15H24O3.C10H18O2/c1-3-4-5-6-15(18-12(2)16)10-8-13-7-9-14(17)11-13;1-4-5-6-7-8-10(11)12-9(2)3/h8,10,13,15H,3-7,9,11H2,1-2H3;4-5,9H,6-8H2,1-3H3/b10-8+;5-4-. The number of ether oxygens (including phenoxy) is 2. The number of esters is 2. The molecule has 0 bridgehead atoms. The molecule has 2 atom stereocenters. The Morgan fingerprint density at radius 1 is 1.17 bits per heavy atom. The molecule has 0 aromatic heterocycles. The van der Waals surface area contributed by atoms with Crippen LogP contribution in [0, 0.1) is 5.92 Å². The highest BCUT2D eigenvalue weighted by atomic mass is 16.5. The Kier molecular flexibility index (Phi) is 16.8. The minimum Gasteiger partial charge on any atom is -0.463 e. The highest BCUT2D eigenvalue weighted by Gasteiger charge is 2.20.